The lowest BCUT2D eigenvalue weighted by Gasteiger charge is -2.09. The normalized spacial score (nSPS) is 11.1. The molecule has 2 aromatic rings. The van der Waals surface area contributed by atoms with Gasteiger partial charge in [0.05, 0.1) is 23.1 Å². The highest BCUT2D eigenvalue weighted by Crippen LogP contribution is 2.20. The minimum Gasteiger partial charge on any atom is -0.496 e. The smallest absolute Gasteiger partial charge is 0.338 e. The number of carbonyl (C=O) groups excluding carboxylic acids is 2. The molecule has 2 rings (SSSR count). The van der Waals surface area contributed by atoms with Crippen LogP contribution >= 0.6 is 0 Å². The van der Waals surface area contributed by atoms with Crippen LogP contribution in [0.15, 0.2) is 41.3 Å². The molecule has 0 aliphatic carbocycles. The molecule has 0 aromatic heterocycles. The van der Waals surface area contributed by atoms with E-state index in [2.05, 4.69) is 0 Å². The number of hydrogen-bond donors (Lipinski definition) is 1. The number of primary sulfonamides is 1. The third-order valence-corrected chi connectivity index (χ3v) is 4.58. The molecule has 0 saturated carbocycles. The molecule has 0 bridgehead atoms. The predicted molar refractivity (Wildman–Crippen MR) is 90.1 cm³/mol. The summed E-state index contributed by atoms with van der Waals surface area (Å²) < 4.78 is 46.2. The highest BCUT2D eigenvalue weighted by molar-refractivity contribution is 7.89. The van der Waals surface area contributed by atoms with Crippen molar-refractivity contribution in [2.45, 2.75) is 11.8 Å². The van der Waals surface area contributed by atoms with Crippen molar-refractivity contribution in [2.75, 3.05) is 13.7 Å². The van der Waals surface area contributed by atoms with E-state index >= 15 is 0 Å². The fourth-order valence-corrected chi connectivity index (χ4v) is 3.03. The Morgan fingerprint density at radius 3 is 2.46 bits per heavy atom. The Labute approximate surface area is 149 Å². The topological polar surface area (TPSA) is 113 Å². The molecule has 26 heavy (non-hydrogen) atoms. The third kappa shape index (κ3) is 4.44. The first kappa shape index (κ1) is 19.5. The van der Waals surface area contributed by atoms with Gasteiger partial charge in [0.1, 0.15) is 11.6 Å². The summed E-state index contributed by atoms with van der Waals surface area (Å²) in [6, 6.07) is 7.19. The van der Waals surface area contributed by atoms with Gasteiger partial charge in [-0.15, -0.1) is 0 Å². The summed E-state index contributed by atoms with van der Waals surface area (Å²) in [5, 5.41) is 5.09. The van der Waals surface area contributed by atoms with Gasteiger partial charge in [0, 0.05) is 0 Å². The number of aryl methyl sites for hydroxylation is 1. The highest BCUT2D eigenvalue weighted by Gasteiger charge is 2.19. The summed E-state index contributed by atoms with van der Waals surface area (Å²) in [6.07, 6.45) is 0. The molecular formula is C17H16FNO6S. The second-order valence-electron chi connectivity index (χ2n) is 5.37. The molecule has 9 heteroatoms. The maximum atomic E-state index is 13.3. The van der Waals surface area contributed by atoms with Gasteiger partial charge < -0.3 is 9.47 Å². The molecule has 0 amide bonds. The standard InChI is InChI=1S/C17H16FNO6S/c1-10-3-4-11(7-16(10)26(19,22)23)17(21)25-9-14(20)13-8-12(18)5-6-15(13)24-2/h3-8H,9H2,1-2H3,(H2,19,22,23). The highest BCUT2D eigenvalue weighted by atomic mass is 32.2. The Morgan fingerprint density at radius 1 is 1.15 bits per heavy atom. The average molecular weight is 381 g/mol. The van der Waals surface area contributed by atoms with Crippen molar-refractivity contribution in [1.29, 1.82) is 0 Å². The molecular weight excluding hydrogens is 365 g/mol. The predicted octanol–water partition coefficient (Wildman–Crippen LogP) is 1.83. The van der Waals surface area contributed by atoms with Gasteiger partial charge in [-0.05, 0) is 42.8 Å². The van der Waals surface area contributed by atoms with Crippen LogP contribution in [0.5, 0.6) is 5.75 Å². The number of benzene rings is 2. The Hall–Kier alpha value is -2.78. The third-order valence-electron chi connectivity index (χ3n) is 3.53. The van der Waals surface area contributed by atoms with Gasteiger partial charge in [-0.2, -0.15) is 0 Å². The van der Waals surface area contributed by atoms with Crippen molar-refractivity contribution in [1.82, 2.24) is 0 Å². The first-order chi connectivity index (χ1) is 12.1. The lowest BCUT2D eigenvalue weighted by Crippen LogP contribution is -2.17. The van der Waals surface area contributed by atoms with E-state index in [9.17, 15) is 22.4 Å². The van der Waals surface area contributed by atoms with E-state index in [1.807, 2.05) is 0 Å². The largest absolute Gasteiger partial charge is 0.496 e. The summed E-state index contributed by atoms with van der Waals surface area (Å²) in [5.74, 6) is -2.09. The molecule has 0 unspecified atom stereocenters. The van der Waals surface area contributed by atoms with Gasteiger partial charge in [-0.3, -0.25) is 4.79 Å². The van der Waals surface area contributed by atoms with Crippen LogP contribution < -0.4 is 9.88 Å². The number of ketones is 1. The van der Waals surface area contributed by atoms with Crippen LogP contribution in [0, 0.1) is 12.7 Å². The Morgan fingerprint density at radius 2 is 1.85 bits per heavy atom. The van der Waals surface area contributed by atoms with Crippen molar-refractivity contribution in [3.63, 3.8) is 0 Å². The number of Topliss-reactive ketones (excluding diaryl/α,β-unsaturated/α-hetero) is 1. The molecule has 0 spiro atoms. The number of nitrogens with two attached hydrogens (primary N) is 1. The second kappa shape index (κ2) is 7.63. The minimum absolute atomic E-state index is 0.0746. The van der Waals surface area contributed by atoms with Gasteiger partial charge in [0.2, 0.25) is 15.8 Å². The van der Waals surface area contributed by atoms with Crippen LogP contribution in [0.3, 0.4) is 0 Å². The lowest BCUT2D eigenvalue weighted by atomic mass is 10.1. The molecule has 0 atom stereocenters. The molecule has 0 aliphatic rings. The van der Waals surface area contributed by atoms with Crippen molar-refractivity contribution in [2.24, 2.45) is 5.14 Å². The number of carbonyl (C=O) groups is 2. The van der Waals surface area contributed by atoms with E-state index in [1.165, 1.54) is 32.2 Å². The van der Waals surface area contributed by atoms with E-state index in [0.717, 1.165) is 18.2 Å². The molecule has 0 aliphatic heterocycles. The fourth-order valence-electron chi connectivity index (χ4n) is 2.22. The first-order valence-corrected chi connectivity index (χ1v) is 8.85. The number of ether oxygens (including phenoxy) is 2. The molecule has 2 N–H and O–H groups in total. The summed E-state index contributed by atoms with van der Waals surface area (Å²) in [5.41, 5.74) is 0.206. The van der Waals surface area contributed by atoms with E-state index in [4.69, 9.17) is 14.6 Å². The van der Waals surface area contributed by atoms with Crippen LogP contribution in [0.1, 0.15) is 26.3 Å². The maximum Gasteiger partial charge on any atom is 0.338 e. The van der Waals surface area contributed by atoms with Crippen molar-refractivity contribution in [3.8, 4) is 5.75 Å². The zero-order chi connectivity index (χ0) is 19.5. The molecule has 138 valence electrons. The number of methoxy groups -OCH3 is 1. The van der Waals surface area contributed by atoms with Crippen LogP contribution in [0.25, 0.3) is 0 Å². The Bertz CT molecular complexity index is 971. The quantitative estimate of drug-likeness (QED) is 0.603. The van der Waals surface area contributed by atoms with E-state index in [-0.39, 0.29) is 21.8 Å². The number of sulfonamides is 1. The maximum absolute atomic E-state index is 13.3. The molecule has 0 fully saturated rings. The Kier molecular flexibility index (Phi) is 5.73. The molecule has 0 heterocycles. The molecule has 2 aromatic carbocycles. The molecule has 0 radical (unpaired) electrons. The zero-order valence-corrected chi connectivity index (χ0v) is 14.8. The number of hydrogen-bond acceptors (Lipinski definition) is 6. The monoisotopic (exact) mass is 381 g/mol. The number of halogens is 1. The van der Waals surface area contributed by atoms with Gasteiger partial charge >= 0.3 is 5.97 Å². The zero-order valence-electron chi connectivity index (χ0n) is 14.0. The lowest BCUT2D eigenvalue weighted by molar-refractivity contribution is 0.0473. The number of rotatable bonds is 6. The summed E-state index contributed by atoms with van der Waals surface area (Å²) in [7, 11) is -2.69. The van der Waals surface area contributed by atoms with Crippen molar-refractivity contribution >= 4 is 21.8 Å². The summed E-state index contributed by atoms with van der Waals surface area (Å²) in [6.45, 7) is 0.853. The van der Waals surface area contributed by atoms with Gasteiger partial charge in [-0.25, -0.2) is 22.7 Å². The summed E-state index contributed by atoms with van der Waals surface area (Å²) in [4.78, 5) is 24.0. The van der Waals surface area contributed by atoms with Crippen LogP contribution in [-0.2, 0) is 14.8 Å². The van der Waals surface area contributed by atoms with Crippen molar-refractivity contribution < 1.29 is 31.9 Å². The van der Waals surface area contributed by atoms with Gasteiger partial charge in [0.25, 0.3) is 0 Å². The average Bonchev–Trinajstić information content (AvgIpc) is 2.58. The molecule has 7 nitrogen and oxygen atoms in total. The summed E-state index contributed by atoms with van der Waals surface area (Å²) >= 11 is 0. The second-order valence-corrected chi connectivity index (χ2v) is 6.90. The van der Waals surface area contributed by atoms with Gasteiger partial charge in [-0.1, -0.05) is 6.07 Å². The van der Waals surface area contributed by atoms with Crippen molar-refractivity contribution in [3.05, 3.63) is 58.9 Å². The Balaban J connectivity index is 2.17. The van der Waals surface area contributed by atoms with E-state index in [1.54, 1.807) is 0 Å². The fraction of sp³-hybridized carbons (Fsp3) is 0.176. The van der Waals surface area contributed by atoms with Crippen LogP contribution in [0.2, 0.25) is 0 Å². The minimum atomic E-state index is -4.01. The van der Waals surface area contributed by atoms with Crippen LogP contribution in [0.4, 0.5) is 4.39 Å². The van der Waals surface area contributed by atoms with Crippen LogP contribution in [-0.4, -0.2) is 33.9 Å². The van der Waals surface area contributed by atoms with E-state index in [0.29, 0.717) is 5.56 Å². The SMILES string of the molecule is COc1ccc(F)cc1C(=O)COC(=O)c1ccc(C)c(S(N)(=O)=O)c1. The van der Waals surface area contributed by atoms with E-state index < -0.39 is 34.2 Å². The van der Waals surface area contributed by atoms with Gasteiger partial charge in [0.15, 0.2) is 6.61 Å². The number of esters is 1. The first-order valence-electron chi connectivity index (χ1n) is 7.31. The molecule has 0 saturated heterocycles.